The largest absolute Gasteiger partial charge is 0.310 e. The van der Waals surface area contributed by atoms with Gasteiger partial charge in [0.1, 0.15) is 11.8 Å². The third kappa shape index (κ3) is 2.33. The number of carbonyl (C=O) groups is 1. The molecule has 0 aliphatic rings. The number of hydrogen-bond donors (Lipinski definition) is 0. The average Bonchev–Trinajstić information content (AvgIpc) is 2.47. The monoisotopic (exact) mass is 238 g/mol. The third-order valence-corrected chi connectivity index (χ3v) is 2.47. The van der Waals surface area contributed by atoms with Crippen LogP contribution in [0.25, 0.3) is 0 Å². The number of pyridine rings is 2. The van der Waals surface area contributed by atoms with E-state index in [9.17, 15) is 4.79 Å². The van der Waals surface area contributed by atoms with Crippen molar-refractivity contribution in [2.75, 3.05) is 11.9 Å². The number of anilines is 1. The van der Waals surface area contributed by atoms with E-state index in [0.29, 0.717) is 11.3 Å². The minimum absolute atomic E-state index is 0.231. The van der Waals surface area contributed by atoms with Crippen LogP contribution < -0.4 is 4.90 Å². The highest BCUT2D eigenvalue weighted by Crippen LogP contribution is 2.13. The van der Waals surface area contributed by atoms with Crippen LogP contribution in [0.4, 0.5) is 5.69 Å². The highest BCUT2D eigenvalue weighted by atomic mass is 16.2. The van der Waals surface area contributed by atoms with Gasteiger partial charge in [-0.1, -0.05) is 0 Å². The van der Waals surface area contributed by atoms with Gasteiger partial charge in [-0.05, 0) is 24.3 Å². The maximum Gasteiger partial charge on any atom is 0.276 e. The Morgan fingerprint density at radius 2 is 2.00 bits per heavy atom. The Bertz CT molecular complexity index is 587. The lowest BCUT2D eigenvalue weighted by atomic mass is 10.2. The maximum absolute atomic E-state index is 12.1. The Hall–Kier alpha value is -2.74. The zero-order chi connectivity index (χ0) is 13.0. The molecule has 88 valence electrons. The minimum Gasteiger partial charge on any atom is -0.310 e. The van der Waals surface area contributed by atoms with Gasteiger partial charge in [0.2, 0.25) is 0 Å². The molecule has 0 aliphatic carbocycles. The van der Waals surface area contributed by atoms with Crippen molar-refractivity contribution in [2.24, 2.45) is 0 Å². The second-order valence-electron chi connectivity index (χ2n) is 3.61. The lowest BCUT2D eigenvalue weighted by molar-refractivity contribution is 0.0988. The molecule has 0 N–H and O–H groups in total. The molecule has 0 aliphatic heterocycles. The molecule has 1 amide bonds. The van der Waals surface area contributed by atoms with Crippen molar-refractivity contribution in [1.29, 1.82) is 5.26 Å². The molecule has 0 atom stereocenters. The molecule has 18 heavy (non-hydrogen) atoms. The highest BCUT2D eigenvalue weighted by molar-refractivity contribution is 6.04. The predicted octanol–water partition coefficient (Wildman–Crippen LogP) is 1.62. The molecular weight excluding hydrogens is 228 g/mol. The number of aromatic nitrogens is 2. The molecule has 0 bridgehead atoms. The summed E-state index contributed by atoms with van der Waals surface area (Å²) in [6.45, 7) is 0. The Balaban J connectivity index is 2.23. The predicted molar refractivity (Wildman–Crippen MR) is 65.9 cm³/mol. The van der Waals surface area contributed by atoms with E-state index in [2.05, 4.69) is 9.97 Å². The normalized spacial score (nSPS) is 9.56. The summed E-state index contributed by atoms with van der Waals surface area (Å²) in [5, 5.41) is 8.66. The fraction of sp³-hybridized carbons (Fsp3) is 0.0769. The number of nitriles is 1. The average molecular weight is 238 g/mol. The smallest absolute Gasteiger partial charge is 0.276 e. The van der Waals surface area contributed by atoms with Gasteiger partial charge in [-0.25, -0.2) is 4.98 Å². The first kappa shape index (κ1) is 11.7. The number of hydrogen-bond acceptors (Lipinski definition) is 4. The molecule has 2 heterocycles. The second-order valence-corrected chi connectivity index (χ2v) is 3.61. The van der Waals surface area contributed by atoms with Gasteiger partial charge >= 0.3 is 0 Å². The van der Waals surface area contributed by atoms with Crippen LogP contribution >= 0.6 is 0 Å². The first-order valence-electron chi connectivity index (χ1n) is 5.26. The summed E-state index contributed by atoms with van der Waals surface area (Å²) in [5.74, 6) is -0.231. The molecule has 5 nitrogen and oxygen atoms in total. The van der Waals surface area contributed by atoms with Gasteiger partial charge in [-0.15, -0.1) is 0 Å². The number of amides is 1. The van der Waals surface area contributed by atoms with Gasteiger partial charge in [-0.2, -0.15) is 5.26 Å². The van der Waals surface area contributed by atoms with E-state index in [4.69, 9.17) is 5.26 Å². The molecule has 5 heteroatoms. The zero-order valence-corrected chi connectivity index (χ0v) is 9.74. The van der Waals surface area contributed by atoms with Crippen molar-refractivity contribution in [3.8, 4) is 6.07 Å². The van der Waals surface area contributed by atoms with Crippen LogP contribution in [0.15, 0.2) is 42.9 Å². The molecular formula is C13H10N4O. The van der Waals surface area contributed by atoms with Gasteiger partial charge in [0.25, 0.3) is 5.91 Å². The number of rotatable bonds is 2. The van der Waals surface area contributed by atoms with Crippen LogP contribution in [0.3, 0.4) is 0 Å². The number of nitrogens with zero attached hydrogens (tertiary/aromatic N) is 4. The van der Waals surface area contributed by atoms with Gasteiger partial charge in [0.05, 0.1) is 5.56 Å². The summed E-state index contributed by atoms with van der Waals surface area (Å²) >= 11 is 0. The van der Waals surface area contributed by atoms with Crippen molar-refractivity contribution in [2.45, 2.75) is 0 Å². The summed E-state index contributed by atoms with van der Waals surface area (Å²) < 4.78 is 0. The van der Waals surface area contributed by atoms with Crippen molar-refractivity contribution in [3.05, 3.63) is 54.1 Å². The van der Waals surface area contributed by atoms with E-state index >= 15 is 0 Å². The molecule has 2 aromatic heterocycles. The summed E-state index contributed by atoms with van der Waals surface area (Å²) in [5.41, 5.74) is 1.47. The molecule has 2 rings (SSSR count). The molecule has 0 saturated heterocycles. The van der Waals surface area contributed by atoms with Crippen molar-refractivity contribution < 1.29 is 4.79 Å². The topological polar surface area (TPSA) is 69.9 Å². The van der Waals surface area contributed by atoms with Gasteiger partial charge in [-0.3, -0.25) is 9.78 Å². The lowest BCUT2D eigenvalue weighted by Gasteiger charge is -2.16. The van der Waals surface area contributed by atoms with E-state index in [1.807, 2.05) is 6.07 Å². The summed E-state index contributed by atoms with van der Waals surface area (Å²) in [4.78, 5) is 21.4. The zero-order valence-electron chi connectivity index (χ0n) is 9.74. The molecule has 0 saturated carbocycles. The van der Waals surface area contributed by atoms with E-state index in [-0.39, 0.29) is 5.91 Å². The number of carbonyl (C=O) groups excluding carboxylic acids is 1. The van der Waals surface area contributed by atoms with Crippen LogP contribution in [0.5, 0.6) is 0 Å². The second kappa shape index (κ2) is 5.06. The van der Waals surface area contributed by atoms with Crippen LogP contribution in [-0.4, -0.2) is 22.9 Å². The summed E-state index contributed by atoms with van der Waals surface area (Å²) in [6.07, 6.45) is 4.62. The van der Waals surface area contributed by atoms with Gasteiger partial charge in [0.15, 0.2) is 0 Å². The Labute approximate surface area is 104 Å². The van der Waals surface area contributed by atoms with Crippen molar-refractivity contribution in [1.82, 2.24) is 9.97 Å². The molecule has 0 spiro atoms. The van der Waals surface area contributed by atoms with E-state index in [0.717, 1.165) is 5.69 Å². The quantitative estimate of drug-likeness (QED) is 0.797. The van der Waals surface area contributed by atoms with Crippen LogP contribution in [0, 0.1) is 11.3 Å². The van der Waals surface area contributed by atoms with Crippen molar-refractivity contribution in [3.63, 3.8) is 0 Å². The third-order valence-electron chi connectivity index (χ3n) is 2.47. The van der Waals surface area contributed by atoms with E-state index in [1.165, 1.54) is 11.1 Å². The fourth-order valence-electron chi connectivity index (χ4n) is 1.44. The standard InChI is InChI=1S/C13H10N4O/c1-17(11-4-6-15-7-5-11)13(18)12-3-2-10(8-14)9-16-12/h2-7,9H,1H3. The molecule has 0 unspecified atom stereocenters. The Kier molecular flexibility index (Phi) is 3.30. The first-order valence-corrected chi connectivity index (χ1v) is 5.26. The summed E-state index contributed by atoms with van der Waals surface area (Å²) in [6, 6.07) is 8.54. The summed E-state index contributed by atoms with van der Waals surface area (Å²) in [7, 11) is 1.66. The van der Waals surface area contributed by atoms with Crippen LogP contribution in [0.2, 0.25) is 0 Å². The van der Waals surface area contributed by atoms with E-state index in [1.54, 1.807) is 43.7 Å². The lowest BCUT2D eigenvalue weighted by Crippen LogP contribution is -2.27. The molecule has 2 aromatic rings. The minimum atomic E-state index is -0.231. The van der Waals surface area contributed by atoms with Crippen molar-refractivity contribution >= 4 is 11.6 Å². The fourth-order valence-corrected chi connectivity index (χ4v) is 1.44. The van der Waals surface area contributed by atoms with Crippen LogP contribution in [0.1, 0.15) is 16.1 Å². The molecule has 0 radical (unpaired) electrons. The van der Waals surface area contributed by atoms with E-state index < -0.39 is 0 Å². The van der Waals surface area contributed by atoms with Crippen LogP contribution in [-0.2, 0) is 0 Å². The molecule has 0 aromatic carbocycles. The Morgan fingerprint density at radius 3 is 2.56 bits per heavy atom. The first-order chi connectivity index (χ1) is 8.72. The SMILES string of the molecule is CN(C(=O)c1ccc(C#N)cn1)c1ccncc1. The van der Waals surface area contributed by atoms with Gasteiger partial charge < -0.3 is 4.90 Å². The molecule has 0 fully saturated rings. The van der Waals surface area contributed by atoms with Gasteiger partial charge in [0, 0.05) is 31.3 Å². The maximum atomic E-state index is 12.1. The Morgan fingerprint density at radius 1 is 1.28 bits per heavy atom. The highest BCUT2D eigenvalue weighted by Gasteiger charge is 2.14.